The van der Waals surface area contributed by atoms with Gasteiger partial charge in [0.05, 0.1) is 0 Å². The first-order chi connectivity index (χ1) is 11.3. The van der Waals surface area contributed by atoms with Gasteiger partial charge in [-0.25, -0.2) is 0 Å². The lowest BCUT2D eigenvalue weighted by Crippen LogP contribution is -2.50. The minimum absolute atomic E-state index is 0.0772. The minimum atomic E-state index is -0.110. The van der Waals surface area contributed by atoms with E-state index in [-0.39, 0.29) is 16.6 Å². The average molecular weight is 324 g/mol. The monoisotopic (exact) mass is 324 g/mol. The van der Waals surface area contributed by atoms with Crippen LogP contribution in [-0.2, 0) is 9.59 Å². The molecule has 0 aromatic heterocycles. The van der Waals surface area contributed by atoms with E-state index in [4.69, 9.17) is 0 Å². The highest BCUT2D eigenvalue weighted by atomic mass is 16.1. The van der Waals surface area contributed by atoms with Gasteiger partial charge in [0.15, 0.2) is 5.78 Å². The molecule has 0 aromatic rings. The molecular formula is C22H28O2. The third-order valence-corrected chi connectivity index (χ3v) is 7.82. The maximum atomic E-state index is 12.5. The van der Waals surface area contributed by atoms with Gasteiger partial charge in [0.25, 0.3) is 0 Å². The molecule has 0 aliphatic heterocycles. The summed E-state index contributed by atoms with van der Waals surface area (Å²) < 4.78 is 0. The largest absolute Gasteiger partial charge is 0.299 e. The molecule has 2 heteroatoms. The number of hydrogen-bond acceptors (Lipinski definition) is 2. The summed E-state index contributed by atoms with van der Waals surface area (Å²) in [6.45, 7) is 11.0. The number of carbonyl (C=O) groups is 2. The molecule has 24 heavy (non-hydrogen) atoms. The number of carbonyl (C=O) groups excluding carboxylic acids is 2. The van der Waals surface area contributed by atoms with Gasteiger partial charge >= 0.3 is 0 Å². The summed E-state index contributed by atoms with van der Waals surface area (Å²) in [4.78, 5) is 24.9. The standard InChI is InChI=1S/C22H28O2/c1-5-14-18(23)9-11-22(4)17-8-10-21(3)16(6-7-19(21)24)15(17)12-13(2)20(14)22/h9,11,15-17H,2,5-8,10,12H2,1,3-4H3/t15-,16-,17-,21-,22+/m0/s1. The van der Waals surface area contributed by atoms with E-state index in [0.29, 0.717) is 23.5 Å². The van der Waals surface area contributed by atoms with Gasteiger partial charge in [-0.1, -0.05) is 39.0 Å². The quantitative estimate of drug-likeness (QED) is 0.693. The third-order valence-electron chi connectivity index (χ3n) is 7.82. The van der Waals surface area contributed by atoms with Crippen LogP contribution in [0, 0.1) is 28.6 Å². The van der Waals surface area contributed by atoms with Gasteiger partial charge in [0.2, 0.25) is 0 Å². The number of rotatable bonds is 1. The summed E-state index contributed by atoms with van der Waals surface area (Å²) in [5.74, 6) is 2.21. The van der Waals surface area contributed by atoms with Crippen LogP contribution in [0.3, 0.4) is 0 Å². The van der Waals surface area contributed by atoms with E-state index < -0.39 is 0 Å². The number of Topliss-reactive ketones (excluding diaryl/α,β-unsaturated/α-hetero) is 1. The summed E-state index contributed by atoms with van der Waals surface area (Å²) in [6.07, 6.45) is 9.60. The molecule has 0 saturated heterocycles. The van der Waals surface area contributed by atoms with Crippen LogP contribution in [0.1, 0.15) is 59.3 Å². The Morgan fingerprint density at radius 2 is 1.96 bits per heavy atom. The molecule has 0 heterocycles. The van der Waals surface area contributed by atoms with Crippen LogP contribution in [0.25, 0.3) is 0 Å². The van der Waals surface area contributed by atoms with Crippen molar-refractivity contribution >= 4 is 11.6 Å². The van der Waals surface area contributed by atoms with Crippen molar-refractivity contribution in [1.29, 1.82) is 0 Å². The second-order valence-electron chi connectivity index (χ2n) is 8.79. The zero-order valence-electron chi connectivity index (χ0n) is 15.2. The van der Waals surface area contributed by atoms with Crippen molar-refractivity contribution in [3.63, 3.8) is 0 Å². The van der Waals surface area contributed by atoms with Crippen LogP contribution in [0.2, 0.25) is 0 Å². The Morgan fingerprint density at radius 3 is 2.67 bits per heavy atom. The van der Waals surface area contributed by atoms with Crippen molar-refractivity contribution in [2.75, 3.05) is 0 Å². The minimum Gasteiger partial charge on any atom is -0.299 e. The molecule has 0 unspecified atom stereocenters. The average Bonchev–Trinajstić information content (AvgIpc) is 2.84. The fourth-order valence-corrected chi connectivity index (χ4v) is 6.61. The summed E-state index contributed by atoms with van der Waals surface area (Å²) in [7, 11) is 0. The van der Waals surface area contributed by atoms with Crippen molar-refractivity contribution in [2.45, 2.75) is 59.3 Å². The van der Waals surface area contributed by atoms with E-state index in [1.807, 2.05) is 0 Å². The SMILES string of the molecule is C=C1C[C@@H]2[C@H](CC[C@]3(C)C(=O)CC[C@@H]23)[C@@]2(C)C=CC(=O)C(CC)=C12. The van der Waals surface area contributed by atoms with E-state index in [0.717, 1.165) is 49.7 Å². The molecule has 5 atom stereocenters. The first-order valence-electron chi connectivity index (χ1n) is 9.51. The molecule has 4 aliphatic carbocycles. The maximum absolute atomic E-state index is 12.5. The fraction of sp³-hybridized carbons (Fsp3) is 0.636. The second-order valence-corrected chi connectivity index (χ2v) is 8.79. The van der Waals surface area contributed by atoms with Crippen molar-refractivity contribution in [3.05, 3.63) is 35.5 Å². The number of ketones is 2. The lowest BCUT2D eigenvalue weighted by molar-refractivity contribution is -0.131. The topological polar surface area (TPSA) is 34.1 Å². The lowest BCUT2D eigenvalue weighted by atomic mass is 9.47. The third kappa shape index (κ3) is 1.83. The molecule has 4 aliphatic rings. The molecule has 0 amide bonds. The van der Waals surface area contributed by atoms with Gasteiger partial charge < -0.3 is 0 Å². The Morgan fingerprint density at radius 1 is 1.21 bits per heavy atom. The fourth-order valence-electron chi connectivity index (χ4n) is 6.61. The van der Waals surface area contributed by atoms with Crippen molar-refractivity contribution in [1.82, 2.24) is 0 Å². The Bertz CT molecular complexity index is 709. The summed E-state index contributed by atoms with van der Waals surface area (Å²) in [5, 5.41) is 0. The molecule has 3 saturated carbocycles. The molecule has 128 valence electrons. The van der Waals surface area contributed by atoms with E-state index in [9.17, 15) is 9.59 Å². The van der Waals surface area contributed by atoms with E-state index in [1.54, 1.807) is 6.08 Å². The summed E-state index contributed by atoms with van der Waals surface area (Å²) >= 11 is 0. The summed E-state index contributed by atoms with van der Waals surface area (Å²) in [5.41, 5.74) is 3.16. The highest BCUT2D eigenvalue weighted by Gasteiger charge is 2.59. The van der Waals surface area contributed by atoms with Gasteiger partial charge in [-0.2, -0.15) is 0 Å². The molecule has 2 nitrogen and oxygen atoms in total. The molecule has 0 N–H and O–H groups in total. The number of allylic oxidation sites excluding steroid dienone is 5. The Labute approximate surface area is 145 Å². The van der Waals surface area contributed by atoms with Gasteiger partial charge in [-0.3, -0.25) is 9.59 Å². The smallest absolute Gasteiger partial charge is 0.181 e. The molecule has 0 spiro atoms. The van der Waals surface area contributed by atoms with Gasteiger partial charge in [-0.05, 0) is 61.5 Å². The molecule has 0 aromatic carbocycles. The van der Waals surface area contributed by atoms with Crippen molar-refractivity contribution in [2.24, 2.45) is 28.6 Å². The Kier molecular flexibility index (Phi) is 3.37. The number of fused-ring (bicyclic) bond motifs is 5. The predicted molar refractivity (Wildman–Crippen MR) is 95.4 cm³/mol. The second kappa shape index (κ2) is 5.03. The highest BCUT2D eigenvalue weighted by Crippen LogP contribution is 2.64. The highest BCUT2D eigenvalue weighted by molar-refractivity contribution is 6.06. The molecular weight excluding hydrogens is 296 g/mol. The van der Waals surface area contributed by atoms with Crippen LogP contribution in [-0.4, -0.2) is 11.6 Å². The van der Waals surface area contributed by atoms with Crippen LogP contribution < -0.4 is 0 Å². The molecule has 4 rings (SSSR count). The van der Waals surface area contributed by atoms with E-state index >= 15 is 0 Å². The molecule has 3 fully saturated rings. The Hall–Kier alpha value is -1.44. The van der Waals surface area contributed by atoms with Gasteiger partial charge in [0, 0.05) is 22.8 Å². The zero-order valence-corrected chi connectivity index (χ0v) is 15.2. The maximum Gasteiger partial charge on any atom is 0.181 e. The van der Waals surface area contributed by atoms with Gasteiger partial charge in [0.1, 0.15) is 5.78 Å². The van der Waals surface area contributed by atoms with E-state index in [1.165, 1.54) is 5.57 Å². The van der Waals surface area contributed by atoms with Crippen molar-refractivity contribution in [3.8, 4) is 0 Å². The van der Waals surface area contributed by atoms with Crippen LogP contribution >= 0.6 is 0 Å². The first kappa shape index (κ1) is 16.1. The number of hydrogen-bond donors (Lipinski definition) is 0. The van der Waals surface area contributed by atoms with Crippen LogP contribution in [0.4, 0.5) is 0 Å². The van der Waals surface area contributed by atoms with Gasteiger partial charge in [-0.15, -0.1) is 0 Å². The van der Waals surface area contributed by atoms with Crippen molar-refractivity contribution < 1.29 is 9.59 Å². The lowest BCUT2D eigenvalue weighted by Gasteiger charge is -2.56. The molecule has 0 bridgehead atoms. The van der Waals surface area contributed by atoms with Crippen LogP contribution in [0.5, 0.6) is 0 Å². The predicted octanol–water partition coefficient (Wildman–Crippen LogP) is 4.81. The van der Waals surface area contributed by atoms with Crippen LogP contribution in [0.15, 0.2) is 35.5 Å². The Balaban J connectivity index is 1.81. The zero-order chi connectivity index (χ0) is 17.3. The summed E-state index contributed by atoms with van der Waals surface area (Å²) in [6, 6.07) is 0. The van der Waals surface area contributed by atoms with E-state index in [2.05, 4.69) is 33.4 Å². The normalized spacial score (nSPS) is 44.5. The molecule has 0 radical (unpaired) electrons. The first-order valence-corrected chi connectivity index (χ1v) is 9.51.